The predicted molar refractivity (Wildman–Crippen MR) is 67.3 cm³/mol. The van der Waals surface area contributed by atoms with Crippen molar-refractivity contribution in [2.75, 3.05) is 32.0 Å². The molecule has 1 N–H and O–H groups in total. The van der Waals surface area contributed by atoms with E-state index in [1.54, 1.807) is 0 Å². The highest BCUT2D eigenvalue weighted by molar-refractivity contribution is 5.28. The maximum Gasteiger partial charge on any atom is 0.255 e. The first-order valence-electron chi connectivity index (χ1n) is 6.30. The van der Waals surface area contributed by atoms with E-state index in [-0.39, 0.29) is 12.0 Å². The Bertz CT molecular complexity index is 394. The fraction of sp³-hybridized carbons (Fsp3) is 0.667. The molecule has 0 saturated carbocycles. The van der Waals surface area contributed by atoms with Gasteiger partial charge in [-0.25, -0.2) is 4.98 Å². The van der Waals surface area contributed by atoms with Crippen molar-refractivity contribution < 1.29 is 9.13 Å². The molecule has 0 bridgehead atoms. The quantitative estimate of drug-likeness (QED) is 0.883. The number of rotatable bonds is 4. The second-order valence-corrected chi connectivity index (χ2v) is 4.50. The Kier molecular flexibility index (Phi) is 4.30. The minimum atomic E-state index is -0.504. The van der Waals surface area contributed by atoms with Gasteiger partial charge in [-0.2, -0.15) is 9.37 Å². The summed E-state index contributed by atoms with van der Waals surface area (Å²) in [7, 11) is 2.07. The van der Waals surface area contributed by atoms with Crippen LogP contribution in [0.15, 0.2) is 6.20 Å². The van der Waals surface area contributed by atoms with Gasteiger partial charge in [0.1, 0.15) is 6.10 Å². The van der Waals surface area contributed by atoms with E-state index < -0.39 is 5.82 Å². The number of hydrogen-bond acceptors (Lipinski definition) is 5. The third-order valence-corrected chi connectivity index (χ3v) is 2.99. The highest BCUT2D eigenvalue weighted by Gasteiger charge is 2.20. The number of likely N-dealkylation sites (tertiary alicyclic amines) is 1. The lowest BCUT2D eigenvalue weighted by Crippen LogP contribution is -2.36. The number of piperidine rings is 1. The summed E-state index contributed by atoms with van der Waals surface area (Å²) in [4.78, 5) is 10.1. The molecule has 0 radical (unpaired) electrons. The summed E-state index contributed by atoms with van der Waals surface area (Å²) in [6.07, 6.45) is 2.99. The van der Waals surface area contributed by atoms with Gasteiger partial charge in [0.2, 0.25) is 11.8 Å². The van der Waals surface area contributed by atoms with Crippen LogP contribution in [0.2, 0.25) is 0 Å². The molecule has 2 heterocycles. The normalized spacial score (nSPS) is 17.7. The summed E-state index contributed by atoms with van der Waals surface area (Å²) < 4.78 is 19.2. The van der Waals surface area contributed by atoms with Gasteiger partial charge in [0, 0.05) is 19.6 Å². The SMILES string of the molecule is CCNc1ncc(F)c(OC2CCN(C)CC2)n1. The number of aromatic nitrogens is 2. The van der Waals surface area contributed by atoms with Crippen LogP contribution in [0.5, 0.6) is 5.88 Å². The molecule has 100 valence electrons. The van der Waals surface area contributed by atoms with Crippen LogP contribution in [0.4, 0.5) is 10.3 Å². The maximum absolute atomic E-state index is 13.6. The van der Waals surface area contributed by atoms with E-state index in [0.29, 0.717) is 12.5 Å². The maximum atomic E-state index is 13.6. The monoisotopic (exact) mass is 254 g/mol. The standard InChI is InChI=1S/C12H19FN4O/c1-3-14-12-15-8-10(13)11(16-12)18-9-4-6-17(2)7-5-9/h8-9H,3-7H2,1-2H3,(H,14,15,16). The van der Waals surface area contributed by atoms with Crippen molar-refractivity contribution in [2.45, 2.75) is 25.9 Å². The Morgan fingerprint density at radius 2 is 2.22 bits per heavy atom. The van der Waals surface area contributed by atoms with E-state index in [2.05, 4.69) is 27.2 Å². The average molecular weight is 254 g/mol. The van der Waals surface area contributed by atoms with Crippen molar-refractivity contribution in [3.63, 3.8) is 0 Å². The van der Waals surface area contributed by atoms with Crippen molar-refractivity contribution in [2.24, 2.45) is 0 Å². The van der Waals surface area contributed by atoms with Gasteiger partial charge in [-0.1, -0.05) is 0 Å². The lowest BCUT2D eigenvalue weighted by Gasteiger charge is -2.28. The zero-order valence-electron chi connectivity index (χ0n) is 10.8. The zero-order chi connectivity index (χ0) is 13.0. The van der Waals surface area contributed by atoms with Crippen LogP contribution in [0.25, 0.3) is 0 Å². The Hall–Kier alpha value is -1.43. The summed E-state index contributed by atoms with van der Waals surface area (Å²) in [5.74, 6) is -0.0482. The van der Waals surface area contributed by atoms with Gasteiger partial charge in [0.15, 0.2) is 0 Å². The molecule has 2 rings (SSSR count). The van der Waals surface area contributed by atoms with Crippen molar-refractivity contribution in [1.82, 2.24) is 14.9 Å². The van der Waals surface area contributed by atoms with E-state index >= 15 is 0 Å². The molecule has 1 fully saturated rings. The molecule has 5 nitrogen and oxygen atoms in total. The van der Waals surface area contributed by atoms with E-state index in [0.717, 1.165) is 32.1 Å². The molecule has 1 aliphatic heterocycles. The summed E-state index contributed by atoms with van der Waals surface area (Å²) in [5, 5.41) is 2.94. The molecule has 0 aromatic carbocycles. The average Bonchev–Trinajstić information content (AvgIpc) is 2.36. The summed E-state index contributed by atoms with van der Waals surface area (Å²) in [6, 6.07) is 0. The molecule has 1 aromatic heterocycles. The molecule has 0 amide bonds. The van der Waals surface area contributed by atoms with Crippen molar-refractivity contribution in [1.29, 1.82) is 0 Å². The minimum Gasteiger partial charge on any atom is -0.472 e. The van der Waals surface area contributed by atoms with Gasteiger partial charge in [0.05, 0.1) is 6.20 Å². The Labute approximate surface area is 106 Å². The van der Waals surface area contributed by atoms with Gasteiger partial charge in [-0.15, -0.1) is 0 Å². The summed E-state index contributed by atoms with van der Waals surface area (Å²) in [6.45, 7) is 4.57. The predicted octanol–water partition coefficient (Wildman–Crippen LogP) is 1.52. The molecule has 1 saturated heterocycles. The van der Waals surface area contributed by atoms with Crippen molar-refractivity contribution >= 4 is 5.95 Å². The van der Waals surface area contributed by atoms with Gasteiger partial charge < -0.3 is 15.0 Å². The van der Waals surface area contributed by atoms with E-state index in [1.165, 1.54) is 0 Å². The molecule has 18 heavy (non-hydrogen) atoms. The fourth-order valence-corrected chi connectivity index (χ4v) is 1.94. The first-order chi connectivity index (χ1) is 8.69. The molecular weight excluding hydrogens is 235 g/mol. The summed E-state index contributed by atoms with van der Waals surface area (Å²) in [5.41, 5.74) is 0. The molecule has 0 spiro atoms. The molecule has 1 aromatic rings. The fourth-order valence-electron chi connectivity index (χ4n) is 1.94. The first kappa shape index (κ1) is 13.0. The van der Waals surface area contributed by atoms with Gasteiger partial charge in [-0.05, 0) is 26.8 Å². The molecule has 0 aliphatic carbocycles. The van der Waals surface area contributed by atoms with Crippen LogP contribution in [0.1, 0.15) is 19.8 Å². The van der Waals surface area contributed by atoms with Crippen LogP contribution in [-0.4, -0.2) is 47.7 Å². The number of nitrogens with zero attached hydrogens (tertiary/aromatic N) is 3. The third kappa shape index (κ3) is 3.29. The number of halogens is 1. The van der Waals surface area contributed by atoms with Crippen molar-refractivity contribution in [3.05, 3.63) is 12.0 Å². The zero-order valence-corrected chi connectivity index (χ0v) is 10.8. The second kappa shape index (κ2) is 5.95. The van der Waals surface area contributed by atoms with Gasteiger partial charge in [0.25, 0.3) is 5.88 Å². The number of anilines is 1. The molecule has 0 atom stereocenters. The Balaban J connectivity index is 2.01. The third-order valence-electron chi connectivity index (χ3n) is 2.99. The topological polar surface area (TPSA) is 50.3 Å². The largest absolute Gasteiger partial charge is 0.472 e. The van der Waals surface area contributed by atoms with Gasteiger partial charge >= 0.3 is 0 Å². The lowest BCUT2D eigenvalue weighted by atomic mass is 10.1. The first-order valence-corrected chi connectivity index (χ1v) is 6.30. The molecule has 6 heteroatoms. The van der Waals surface area contributed by atoms with Crippen molar-refractivity contribution in [3.8, 4) is 5.88 Å². The second-order valence-electron chi connectivity index (χ2n) is 4.50. The van der Waals surface area contributed by atoms with Crippen LogP contribution in [-0.2, 0) is 0 Å². The Morgan fingerprint density at radius 3 is 2.89 bits per heavy atom. The smallest absolute Gasteiger partial charge is 0.255 e. The number of nitrogens with one attached hydrogen (secondary N) is 1. The minimum absolute atomic E-state index is 0.0417. The lowest BCUT2D eigenvalue weighted by molar-refractivity contribution is 0.105. The van der Waals surface area contributed by atoms with Crippen LogP contribution >= 0.6 is 0 Å². The number of ether oxygens (including phenoxy) is 1. The van der Waals surface area contributed by atoms with Gasteiger partial charge in [-0.3, -0.25) is 0 Å². The van der Waals surface area contributed by atoms with E-state index in [4.69, 9.17) is 4.74 Å². The summed E-state index contributed by atoms with van der Waals surface area (Å²) >= 11 is 0. The molecule has 0 unspecified atom stereocenters. The number of hydrogen-bond donors (Lipinski definition) is 1. The highest BCUT2D eigenvalue weighted by atomic mass is 19.1. The van der Waals surface area contributed by atoms with E-state index in [1.807, 2.05) is 6.92 Å². The van der Waals surface area contributed by atoms with E-state index in [9.17, 15) is 4.39 Å². The van der Waals surface area contributed by atoms with Crippen LogP contribution in [0.3, 0.4) is 0 Å². The Morgan fingerprint density at radius 1 is 1.50 bits per heavy atom. The van der Waals surface area contributed by atoms with Crippen LogP contribution in [0, 0.1) is 5.82 Å². The van der Waals surface area contributed by atoms with Crippen LogP contribution < -0.4 is 10.1 Å². The molecule has 1 aliphatic rings. The highest BCUT2D eigenvalue weighted by Crippen LogP contribution is 2.20. The molecular formula is C12H19FN4O.